The number of carbonyl (C=O) groups excluding carboxylic acids is 5. The molecular formula is C104H127N9O17. The summed E-state index contributed by atoms with van der Waals surface area (Å²) >= 11 is 0. The largest absolute Gasteiger partial charge is 0.411 e. The van der Waals surface area contributed by atoms with Crippen molar-refractivity contribution < 1.29 is 84.2 Å². The van der Waals surface area contributed by atoms with Crippen LogP contribution in [0.2, 0.25) is 0 Å². The fourth-order valence-electron chi connectivity index (χ4n) is 16.1. The molecule has 15 rings (SSSR count). The molecule has 0 unspecified atom stereocenters. The number of hydrogen-bond donors (Lipinski definition) is 8. The minimum absolute atomic E-state index is 0.00955. The van der Waals surface area contributed by atoms with Gasteiger partial charge in [-0.3, -0.25) is 24.0 Å². The van der Waals surface area contributed by atoms with Crippen molar-refractivity contribution in [2.45, 2.75) is 117 Å². The van der Waals surface area contributed by atoms with Gasteiger partial charge < -0.3 is 84.7 Å². The number of ether oxygens (including phenoxy) is 1. The number of oxime groups is 4. The lowest BCUT2D eigenvalue weighted by atomic mass is 9.99. The van der Waals surface area contributed by atoms with Crippen LogP contribution < -0.4 is 0 Å². The Morgan fingerprint density at radius 3 is 0.746 bits per heavy atom. The normalized spacial score (nSPS) is 17.5. The third kappa shape index (κ3) is 27.8. The Hall–Kier alpha value is -12.9. The molecule has 10 aromatic carbocycles. The highest BCUT2D eigenvalue weighted by molar-refractivity contribution is 6.04. The lowest BCUT2D eigenvalue weighted by Crippen LogP contribution is -2.38. The number of carbonyl (C=O) groups is 5. The number of rotatable bonds is 19. The van der Waals surface area contributed by atoms with Crippen molar-refractivity contribution in [1.82, 2.24) is 24.5 Å². The maximum absolute atomic E-state index is 13.0. The van der Waals surface area contributed by atoms with E-state index in [0.717, 1.165) is 102 Å². The van der Waals surface area contributed by atoms with Gasteiger partial charge in [0.05, 0.1) is 112 Å². The van der Waals surface area contributed by atoms with Gasteiger partial charge in [-0.2, -0.15) is 0 Å². The first-order valence-corrected chi connectivity index (χ1v) is 43.3. The standard InChI is InChI=1S/C21H24N2O3.2C20H22N2O3.C19H20N2O3.C19H21NO2.C2H6.3CH4O/c1-15-6-4-5-7-20(15)16-8-10-17(11-9-16)21(24)23-13-18(22-26-3)12-19(23)14-25-2;2*1-14-5-3-4-6-19(14)15-7-9-16(10-8-15)20(24)22-12-17(21-25-2)11-18(22)13-23;1-13-4-2-3-5-18(13)14-6-8-15(9-7-14)19(23)21-11-16(20-24)10-17(21)12-22;1-14-5-2-3-7-18(14)15-8-10-16(11-9-15)19(22)20-12-4-6-17(20)13-21;4*1-2/h4-11,19H,12-14H2,1-3H3;2*3-10,18,23H,11-13H2,1-2H3;2-9,17,22,24H,10-12H2,1H3;2-3,5,7-11,17,21H,4,6,12-13H2,1H3;1-2H3;3*2H,1H3/b22-18-;2*21-17-;20-16-;;;;;/t19-;2*18-;2*17-;;;;/m00000..../s1. The first kappa shape index (κ1) is 104. The molecule has 8 N–H and O–H groups in total. The van der Waals surface area contributed by atoms with Crippen molar-refractivity contribution in [3.63, 3.8) is 0 Å². The van der Waals surface area contributed by atoms with Crippen molar-refractivity contribution in [2.75, 3.05) is 116 Å². The summed E-state index contributed by atoms with van der Waals surface area (Å²) in [6, 6.07) is 78.2. The fraction of sp³-hybridized carbons (Fsp3) is 0.337. The monoisotopic (exact) mass is 1770 g/mol. The van der Waals surface area contributed by atoms with E-state index in [9.17, 15) is 44.4 Å². The number of benzene rings is 10. The molecule has 5 aliphatic rings. The summed E-state index contributed by atoms with van der Waals surface area (Å²) in [4.78, 5) is 86.7. The van der Waals surface area contributed by atoms with Crippen LogP contribution in [0.25, 0.3) is 55.6 Å². The van der Waals surface area contributed by atoms with Crippen molar-refractivity contribution >= 4 is 52.4 Å². The zero-order valence-corrected chi connectivity index (χ0v) is 77.1. The zero-order valence-electron chi connectivity index (χ0n) is 77.1. The highest BCUT2D eigenvalue weighted by Gasteiger charge is 2.38. The molecule has 26 nitrogen and oxygen atoms in total. The Kier molecular flexibility index (Phi) is 43.6. The summed E-state index contributed by atoms with van der Waals surface area (Å²) in [5.74, 6) is -0.352. The van der Waals surface area contributed by atoms with E-state index in [0.29, 0.717) is 85.5 Å². The Morgan fingerprint density at radius 2 is 0.523 bits per heavy atom. The molecule has 5 heterocycles. The molecular weight excluding hydrogens is 1650 g/mol. The van der Waals surface area contributed by atoms with E-state index >= 15 is 0 Å². The molecule has 0 radical (unpaired) electrons. The molecule has 130 heavy (non-hydrogen) atoms. The Labute approximate surface area is 764 Å². The minimum atomic E-state index is -0.334. The quantitative estimate of drug-likeness (QED) is 0.0275. The van der Waals surface area contributed by atoms with Gasteiger partial charge >= 0.3 is 0 Å². The van der Waals surface area contributed by atoms with Gasteiger partial charge in [0.25, 0.3) is 29.5 Å². The summed E-state index contributed by atoms with van der Waals surface area (Å²) in [7, 11) is 9.13. The highest BCUT2D eigenvalue weighted by atomic mass is 16.6. The van der Waals surface area contributed by atoms with Gasteiger partial charge in [0.2, 0.25) is 0 Å². The van der Waals surface area contributed by atoms with Gasteiger partial charge in [-0.15, -0.1) is 0 Å². The number of aliphatic hydroxyl groups is 7. The molecule has 0 saturated carbocycles. The third-order valence-electron chi connectivity index (χ3n) is 22.7. The van der Waals surface area contributed by atoms with Crippen LogP contribution in [0, 0.1) is 34.6 Å². The average Bonchev–Trinajstić information content (AvgIpc) is 1.73. The second-order valence-electron chi connectivity index (χ2n) is 30.8. The van der Waals surface area contributed by atoms with Crippen LogP contribution in [0.15, 0.2) is 263 Å². The SMILES string of the molecule is CC.CO.CO.CO.CO/N=C1/C[C@@H](CO)N(C(=O)c2ccc(-c3ccccc3C)cc2)C1.CO/N=C1/C[C@@H](CO)N(C(=O)c2ccc(-c3ccccc3C)cc2)C1.COC[C@@H]1C/C(=N/OC)CN1C(=O)c1ccc(-c2ccccc2C)cc1.Cc1ccccc1-c1ccc(C(=O)N2C/C(=N\O)C[C@H]2CO)cc1.Cc1ccccc1-c1ccc(C(=O)N2CCC[C@H]2CO)cc1. The number of methoxy groups -OCH3 is 1. The van der Waals surface area contributed by atoms with Crippen LogP contribution in [0.3, 0.4) is 0 Å². The van der Waals surface area contributed by atoms with Crippen LogP contribution in [0.1, 0.15) is 132 Å². The maximum Gasteiger partial charge on any atom is 0.254 e. The Balaban J connectivity index is 0.000000218. The van der Waals surface area contributed by atoms with E-state index in [1.807, 2.05) is 189 Å². The summed E-state index contributed by atoms with van der Waals surface area (Å²) in [5.41, 5.74) is 23.3. The van der Waals surface area contributed by atoms with E-state index in [-0.39, 0.29) is 92.7 Å². The van der Waals surface area contributed by atoms with E-state index in [1.165, 1.54) is 60.3 Å². The van der Waals surface area contributed by atoms with Crippen LogP contribution in [0.5, 0.6) is 0 Å². The van der Waals surface area contributed by atoms with Gasteiger partial charge in [-0.25, -0.2) is 0 Å². The molecule has 0 aliphatic carbocycles. The zero-order chi connectivity index (χ0) is 94.8. The van der Waals surface area contributed by atoms with E-state index in [4.69, 9.17) is 39.8 Å². The molecule has 26 heteroatoms. The van der Waals surface area contributed by atoms with E-state index in [1.54, 1.807) is 38.8 Å². The molecule has 0 bridgehead atoms. The molecule has 5 amide bonds. The highest BCUT2D eigenvalue weighted by Crippen LogP contribution is 2.33. The minimum Gasteiger partial charge on any atom is -0.411 e. The summed E-state index contributed by atoms with van der Waals surface area (Å²) in [6.45, 7) is 16.8. The molecule has 0 aromatic heterocycles. The average molecular weight is 1780 g/mol. The van der Waals surface area contributed by atoms with Crippen LogP contribution in [-0.4, -0.2) is 264 Å². The molecule has 10 aromatic rings. The third-order valence-corrected chi connectivity index (χ3v) is 22.7. The van der Waals surface area contributed by atoms with Gasteiger partial charge in [0.1, 0.15) is 21.3 Å². The summed E-state index contributed by atoms with van der Waals surface area (Å²) in [5, 5.41) is 82.9. The van der Waals surface area contributed by atoms with Gasteiger partial charge in [-0.1, -0.05) is 216 Å². The summed E-state index contributed by atoms with van der Waals surface area (Å²) < 4.78 is 5.27. The smallest absolute Gasteiger partial charge is 0.254 e. The molecule has 0 spiro atoms. The Morgan fingerprint density at radius 1 is 0.308 bits per heavy atom. The van der Waals surface area contributed by atoms with E-state index < -0.39 is 0 Å². The Bertz CT molecular complexity index is 5200. The number of aryl methyl sites for hydroxylation is 5. The summed E-state index contributed by atoms with van der Waals surface area (Å²) in [6.07, 6.45) is 4.02. The topological polar surface area (TPSA) is 350 Å². The number of aliphatic hydroxyl groups excluding tert-OH is 7. The van der Waals surface area contributed by atoms with Crippen molar-refractivity contribution in [3.8, 4) is 55.6 Å². The molecule has 5 saturated heterocycles. The second kappa shape index (κ2) is 54.4. The molecule has 5 atom stereocenters. The van der Waals surface area contributed by atoms with Crippen LogP contribution in [0.4, 0.5) is 0 Å². The number of hydrogen-bond acceptors (Lipinski definition) is 21. The fourth-order valence-corrected chi connectivity index (χ4v) is 16.1. The first-order chi connectivity index (χ1) is 63.2. The van der Waals surface area contributed by atoms with Crippen LogP contribution >= 0.6 is 0 Å². The van der Waals surface area contributed by atoms with E-state index in [2.05, 4.69) is 116 Å². The molecule has 690 valence electrons. The lowest BCUT2D eigenvalue weighted by molar-refractivity contribution is 0.0630. The van der Waals surface area contributed by atoms with Crippen molar-refractivity contribution in [2.24, 2.45) is 20.6 Å². The lowest BCUT2D eigenvalue weighted by Gasteiger charge is -2.23. The van der Waals surface area contributed by atoms with Gasteiger partial charge in [0, 0.05) is 88.5 Å². The van der Waals surface area contributed by atoms with Gasteiger partial charge in [-0.05, 0) is 192 Å². The van der Waals surface area contributed by atoms with Crippen LogP contribution in [-0.2, 0) is 19.2 Å². The van der Waals surface area contributed by atoms with Gasteiger partial charge in [0.15, 0.2) is 0 Å². The molecule has 5 fully saturated rings. The number of amides is 5. The van der Waals surface area contributed by atoms with Crippen molar-refractivity contribution in [3.05, 3.63) is 298 Å². The number of likely N-dealkylation sites (tertiary alicyclic amines) is 5. The molecule has 5 aliphatic heterocycles. The predicted molar refractivity (Wildman–Crippen MR) is 513 cm³/mol. The first-order valence-electron chi connectivity index (χ1n) is 43.3. The maximum atomic E-state index is 13.0. The second-order valence-corrected chi connectivity index (χ2v) is 30.8. The predicted octanol–water partition coefficient (Wildman–Crippen LogP) is 15.1. The number of nitrogens with zero attached hydrogens (tertiary/aromatic N) is 9. The van der Waals surface area contributed by atoms with Crippen molar-refractivity contribution in [1.29, 1.82) is 0 Å².